The summed E-state index contributed by atoms with van der Waals surface area (Å²) in [6.07, 6.45) is 3.69. The number of halogens is 3. The van der Waals surface area contributed by atoms with Crippen LogP contribution in [0.5, 0.6) is 0 Å². The predicted octanol–water partition coefficient (Wildman–Crippen LogP) is 5.43. The Kier molecular flexibility index (Phi) is 5.27. The third-order valence-electron chi connectivity index (χ3n) is 3.75. The Hall–Kier alpha value is -0.120. The van der Waals surface area contributed by atoms with Crippen LogP contribution in [0.2, 0.25) is 5.02 Å². The molecule has 1 nitrogen and oxygen atoms in total. The van der Waals surface area contributed by atoms with Gasteiger partial charge in [-0.15, -0.1) is 0 Å². The van der Waals surface area contributed by atoms with Gasteiger partial charge in [-0.05, 0) is 56.2 Å². The smallest absolute Gasteiger partial charge is 0.127 e. The second kappa shape index (κ2) is 6.55. The molecule has 1 atom stereocenters. The van der Waals surface area contributed by atoms with Gasteiger partial charge in [0.1, 0.15) is 5.82 Å². The minimum Gasteiger partial charge on any atom is -0.378 e. The zero-order valence-electron chi connectivity index (χ0n) is 11.3. The molecule has 1 aliphatic rings. The number of hydrogen-bond donors (Lipinski definition) is 0. The molecular formula is C15H19BrClFO. The van der Waals surface area contributed by atoms with E-state index in [0.29, 0.717) is 22.6 Å². The molecule has 19 heavy (non-hydrogen) atoms. The van der Waals surface area contributed by atoms with E-state index in [4.69, 9.17) is 16.3 Å². The minimum atomic E-state index is -0.242. The zero-order valence-corrected chi connectivity index (χ0v) is 13.6. The van der Waals surface area contributed by atoms with Crippen LogP contribution in [0.1, 0.15) is 42.1 Å². The van der Waals surface area contributed by atoms with Crippen LogP contribution in [-0.2, 0) is 4.74 Å². The van der Waals surface area contributed by atoms with E-state index in [1.807, 2.05) is 13.0 Å². The van der Waals surface area contributed by atoms with Crippen molar-refractivity contribution in [3.63, 3.8) is 0 Å². The van der Waals surface area contributed by atoms with Gasteiger partial charge in [0, 0.05) is 16.5 Å². The Balaban J connectivity index is 1.94. The second-order valence-electron chi connectivity index (χ2n) is 5.24. The number of alkyl halides is 1. The fourth-order valence-electron chi connectivity index (χ4n) is 2.58. The van der Waals surface area contributed by atoms with Gasteiger partial charge in [0.2, 0.25) is 0 Å². The highest BCUT2D eigenvalue weighted by molar-refractivity contribution is 9.09. The molecule has 1 aromatic rings. The Morgan fingerprint density at radius 2 is 2.16 bits per heavy atom. The first-order valence-corrected chi connectivity index (χ1v) is 8.01. The summed E-state index contributed by atoms with van der Waals surface area (Å²) in [7, 11) is 0. The van der Waals surface area contributed by atoms with Crippen molar-refractivity contribution in [2.45, 2.75) is 44.0 Å². The average Bonchev–Trinajstić information content (AvgIpc) is 2.31. The number of hydrogen-bond acceptors (Lipinski definition) is 1. The van der Waals surface area contributed by atoms with Crippen molar-refractivity contribution >= 4 is 27.5 Å². The van der Waals surface area contributed by atoms with Crippen molar-refractivity contribution in [2.24, 2.45) is 5.92 Å². The lowest BCUT2D eigenvalue weighted by Gasteiger charge is -2.36. The SMILES string of the molecule is CCOC1CC(CC(Br)c2cc(C)c(F)cc2Cl)C1. The molecule has 0 aromatic heterocycles. The van der Waals surface area contributed by atoms with E-state index in [1.165, 1.54) is 6.07 Å². The molecule has 0 heterocycles. The summed E-state index contributed by atoms with van der Waals surface area (Å²) < 4.78 is 18.9. The minimum absolute atomic E-state index is 0.187. The maximum atomic E-state index is 13.4. The Morgan fingerprint density at radius 3 is 2.79 bits per heavy atom. The zero-order chi connectivity index (χ0) is 14.0. The molecule has 0 aliphatic heterocycles. The number of aryl methyl sites for hydroxylation is 1. The van der Waals surface area contributed by atoms with E-state index in [1.54, 1.807) is 6.92 Å². The molecule has 106 valence electrons. The van der Waals surface area contributed by atoms with Crippen molar-refractivity contribution in [3.05, 3.63) is 34.1 Å². The Morgan fingerprint density at radius 1 is 1.47 bits per heavy atom. The summed E-state index contributed by atoms with van der Waals surface area (Å²) in [6, 6.07) is 3.25. The lowest BCUT2D eigenvalue weighted by atomic mass is 9.78. The molecule has 0 spiro atoms. The van der Waals surface area contributed by atoms with Crippen LogP contribution in [0.15, 0.2) is 12.1 Å². The van der Waals surface area contributed by atoms with Crippen LogP contribution < -0.4 is 0 Å². The van der Waals surface area contributed by atoms with Crippen molar-refractivity contribution in [1.29, 1.82) is 0 Å². The summed E-state index contributed by atoms with van der Waals surface area (Å²) in [5, 5.41) is 0.505. The first kappa shape index (κ1) is 15.3. The van der Waals surface area contributed by atoms with E-state index in [0.717, 1.165) is 31.4 Å². The Labute approximate surface area is 127 Å². The summed E-state index contributed by atoms with van der Waals surface area (Å²) in [4.78, 5) is 0.187. The van der Waals surface area contributed by atoms with Crippen LogP contribution in [0, 0.1) is 18.7 Å². The van der Waals surface area contributed by atoms with E-state index in [-0.39, 0.29) is 10.6 Å². The molecule has 1 fully saturated rings. The van der Waals surface area contributed by atoms with E-state index in [9.17, 15) is 4.39 Å². The van der Waals surface area contributed by atoms with E-state index < -0.39 is 0 Å². The van der Waals surface area contributed by atoms with Crippen LogP contribution in [-0.4, -0.2) is 12.7 Å². The molecule has 0 radical (unpaired) electrons. The van der Waals surface area contributed by atoms with Crippen LogP contribution in [0.4, 0.5) is 4.39 Å². The number of benzene rings is 1. The molecule has 1 aromatic carbocycles. The lowest BCUT2D eigenvalue weighted by molar-refractivity contribution is -0.0264. The monoisotopic (exact) mass is 348 g/mol. The molecule has 1 unspecified atom stereocenters. The molecule has 0 amide bonds. The average molecular weight is 350 g/mol. The quantitative estimate of drug-likeness (QED) is 0.644. The largest absolute Gasteiger partial charge is 0.378 e. The molecule has 1 saturated carbocycles. The van der Waals surface area contributed by atoms with Crippen molar-refractivity contribution in [1.82, 2.24) is 0 Å². The van der Waals surface area contributed by atoms with Gasteiger partial charge >= 0.3 is 0 Å². The van der Waals surface area contributed by atoms with Gasteiger partial charge in [-0.2, -0.15) is 0 Å². The standard InChI is InChI=1S/C15H19BrClFO/c1-3-19-11-5-10(6-11)7-13(16)12-4-9(2)15(18)8-14(12)17/h4,8,10-11,13H,3,5-7H2,1-2H3. The van der Waals surface area contributed by atoms with Crippen LogP contribution in [0.3, 0.4) is 0 Å². The highest BCUT2D eigenvalue weighted by Crippen LogP contribution is 2.42. The predicted molar refractivity (Wildman–Crippen MR) is 80.6 cm³/mol. The van der Waals surface area contributed by atoms with Gasteiger partial charge in [-0.3, -0.25) is 0 Å². The summed E-state index contributed by atoms with van der Waals surface area (Å²) in [6.45, 7) is 4.59. The molecule has 2 rings (SSSR count). The number of ether oxygens (including phenoxy) is 1. The fourth-order valence-corrected chi connectivity index (χ4v) is 3.90. The van der Waals surface area contributed by atoms with Crippen molar-refractivity contribution in [2.75, 3.05) is 6.61 Å². The number of rotatable bonds is 5. The second-order valence-corrected chi connectivity index (χ2v) is 6.75. The van der Waals surface area contributed by atoms with Crippen molar-refractivity contribution < 1.29 is 9.13 Å². The summed E-state index contributed by atoms with van der Waals surface area (Å²) >= 11 is 9.81. The van der Waals surface area contributed by atoms with E-state index in [2.05, 4.69) is 15.9 Å². The molecule has 1 aliphatic carbocycles. The lowest BCUT2D eigenvalue weighted by Crippen LogP contribution is -2.31. The van der Waals surface area contributed by atoms with Gasteiger partial charge in [0.05, 0.1) is 6.10 Å². The van der Waals surface area contributed by atoms with Crippen LogP contribution in [0.25, 0.3) is 0 Å². The Bertz CT molecular complexity index is 446. The van der Waals surface area contributed by atoms with Crippen molar-refractivity contribution in [3.8, 4) is 0 Å². The normalized spacial score (nSPS) is 24.1. The van der Waals surface area contributed by atoms with Gasteiger partial charge in [0.15, 0.2) is 0 Å². The third-order valence-corrected chi connectivity index (χ3v) is 4.94. The molecule has 0 bridgehead atoms. The van der Waals surface area contributed by atoms with Gasteiger partial charge in [-0.1, -0.05) is 33.6 Å². The third kappa shape index (κ3) is 3.71. The first-order valence-electron chi connectivity index (χ1n) is 6.72. The summed E-state index contributed by atoms with van der Waals surface area (Å²) in [5.74, 6) is 0.427. The maximum Gasteiger partial charge on any atom is 0.127 e. The van der Waals surface area contributed by atoms with E-state index >= 15 is 0 Å². The van der Waals surface area contributed by atoms with Gasteiger partial charge < -0.3 is 4.74 Å². The van der Waals surface area contributed by atoms with Crippen LogP contribution >= 0.6 is 27.5 Å². The highest BCUT2D eigenvalue weighted by Gasteiger charge is 2.31. The molecule has 4 heteroatoms. The highest BCUT2D eigenvalue weighted by atomic mass is 79.9. The fraction of sp³-hybridized carbons (Fsp3) is 0.600. The summed E-state index contributed by atoms with van der Waals surface area (Å²) in [5.41, 5.74) is 1.63. The van der Waals surface area contributed by atoms with Gasteiger partial charge in [0.25, 0.3) is 0 Å². The first-order chi connectivity index (χ1) is 9.01. The maximum absolute atomic E-state index is 13.4. The molecule has 0 N–H and O–H groups in total. The topological polar surface area (TPSA) is 9.23 Å². The van der Waals surface area contributed by atoms with Gasteiger partial charge in [-0.25, -0.2) is 4.39 Å². The molecule has 0 saturated heterocycles. The molecular weight excluding hydrogens is 331 g/mol.